The van der Waals surface area contributed by atoms with Crippen molar-refractivity contribution in [2.75, 3.05) is 6.07 Å². The van der Waals surface area contributed by atoms with E-state index in [2.05, 4.69) is 10.1 Å². The molecule has 98 valence electrons. The number of esters is 1. The van der Waals surface area contributed by atoms with Gasteiger partial charge in [0.1, 0.15) is 5.60 Å². The number of amides is 1. The van der Waals surface area contributed by atoms with Crippen molar-refractivity contribution in [3.05, 3.63) is 0 Å². The highest BCUT2D eigenvalue weighted by molar-refractivity contribution is 6.17. The molecule has 0 aliphatic heterocycles. The minimum Gasteiger partial charge on any atom is -0.449 e. The fourth-order valence-corrected chi connectivity index (χ4v) is 1.53. The van der Waals surface area contributed by atoms with E-state index in [4.69, 9.17) is 16.3 Å². The van der Waals surface area contributed by atoms with Crippen LogP contribution in [0.4, 0.5) is 4.79 Å². The summed E-state index contributed by atoms with van der Waals surface area (Å²) in [4.78, 5) is 22.8. The molecular formula is C11H18ClNO4. The summed E-state index contributed by atoms with van der Waals surface area (Å²) in [5.74, 6) is -0.409. The van der Waals surface area contributed by atoms with E-state index in [1.165, 1.54) is 0 Å². The smallest absolute Gasteiger partial charge is 0.408 e. The van der Waals surface area contributed by atoms with Gasteiger partial charge in [-0.1, -0.05) is 11.6 Å². The van der Waals surface area contributed by atoms with Gasteiger partial charge in [-0.25, -0.2) is 4.79 Å². The van der Waals surface area contributed by atoms with Crippen LogP contribution in [0.2, 0.25) is 0 Å². The Bertz CT molecular complexity index is 307. The van der Waals surface area contributed by atoms with Gasteiger partial charge in [0.05, 0.1) is 12.0 Å². The maximum Gasteiger partial charge on any atom is 0.408 e. The average molecular weight is 264 g/mol. The van der Waals surface area contributed by atoms with Crippen LogP contribution in [0.15, 0.2) is 0 Å². The molecule has 0 bridgehead atoms. The molecule has 1 amide bonds. The summed E-state index contributed by atoms with van der Waals surface area (Å²) in [6.07, 6.45) is 1.14. The van der Waals surface area contributed by atoms with Gasteiger partial charge in [0.15, 0.2) is 6.07 Å². The molecule has 0 radical (unpaired) electrons. The molecule has 1 rings (SSSR count). The van der Waals surface area contributed by atoms with Crippen molar-refractivity contribution in [3.8, 4) is 0 Å². The summed E-state index contributed by atoms with van der Waals surface area (Å²) >= 11 is 5.28. The number of nitrogens with one attached hydrogen (secondary N) is 1. The first-order chi connectivity index (χ1) is 7.76. The van der Waals surface area contributed by atoms with Crippen LogP contribution in [-0.2, 0) is 14.3 Å². The van der Waals surface area contributed by atoms with Crippen molar-refractivity contribution in [2.45, 2.75) is 51.2 Å². The van der Waals surface area contributed by atoms with E-state index >= 15 is 0 Å². The van der Waals surface area contributed by atoms with E-state index in [1.807, 2.05) is 0 Å². The highest BCUT2D eigenvalue weighted by Crippen LogP contribution is 2.39. The molecule has 0 unspecified atom stereocenters. The summed E-state index contributed by atoms with van der Waals surface area (Å²) < 4.78 is 9.76. The summed E-state index contributed by atoms with van der Waals surface area (Å²) in [6.45, 7) is 5.36. The maximum absolute atomic E-state index is 11.5. The summed E-state index contributed by atoms with van der Waals surface area (Å²) in [5, 5.41) is 2.71. The van der Waals surface area contributed by atoms with Gasteiger partial charge >= 0.3 is 12.1 Å². The van der Waals surface area contributed by atoms with Gasteiger partial charge in [-0.15, -0.1) is 0 Å². The van der Waals surface area contributed by atoms with Gasteiger partial charge in [0, 0.05) is 0 Å². The molecule has 0 spiro atoms. The van der Waals surface area contributed by atoms with Crippen LogP contribution in [0.5, 0.6) is 0 Å². The number of hydrogen-bond donors (Lipinski definition) is 1. The molecule has 0 aromatic rings. The van der Waals surface area contributed by atoms with Crippen LogP contribution in [0.25, 0.3) is 0 Å². The number of hydrogen-bond acceptors (Lipinski definition) is 4. The van der Waals surface area contributed by atoms with Gasteiger partial charge in [-0.3, -0.25) is 4.79 Å². The standard InChI is InChI=1S/C11H18ClNO4/c1-10(2,3)17-9(15)13-11(4-5-11)6-8(14)16-7-12/h4-7H2,1-3H3,(H,13,15). The lowest BCUT2D eigenvalue weighted by atomic mass is 10.2. The van der Waals surface area contributed by atoms with Crippen molar-refractivity contribution in [1.82, 2.24) is 5.32 Å². The first kappa shape index (κ1) is 14.1. The molecule has 0 heterocycles. The van der Waals surface area contributed by atoms with Crippen LogP contribution in [0, 0.1) is 0 Å². The molecule has 1 N–H and O–H groups in total. The third-order valence-electron chi connectivity index (χ3n) is 2.32. The van der Waals surface area contributed by atoms with E-state index in [0.29, 0.717) is 0 Å². The Morgan fingerprint density at radius 2 is 1.94 bits per heavy atom. The molecule has 5 nitrogen and oxygen atoms in total. The second kappa shape index (κ2) is 5.12. The zero-order valence-corrected chi connectivity index (χ0v) is 11.1. The van der Waals surface area contributed by atoms with Crippen LogP contribution in [0.1, 0.15) is 40.0 Å². The quantitative estimate of drug-likeness (QED) is 0.624. The van der Waals surface area contributed by atoms with Gasteiger partial charge in [-0.05, 0) is 33.6 Å². The first-order valence-electron chi connectivity index (χ1n) is 5.49. The molecule has 6 heteroatoms. The minimum atomic E-state index is -0.545. The minimum absolute atomic E-state index is 0.138. The molecule has 0 aromatic carbocycles. The molecule has 17 heavy (non-hydrogen) atoms. The van der Waals surface area contributed by atoms with E-state index in [0.717, 1.165) is 12.8 Å². The maximum atomic E-state index is 11.5. The SMILES string of the molecule is CC(C)(C)OC(=O)NC1(CC(=O)OCCl)CC1. The number of carbonyl (C=O) groups excluding carboxylic acids is 2. The van der Waals surface area contributed by atoms with E-state index in [1.54, 1.807) is 20.8 Å². The number of carbonyl (C=O) groups is 2. The van der Waals surface area contributed by atoms with Crippen molar-refractivity contribution in [1.29, 1.82) is 0 Å². The highest BCUT2D eigenvalue weighted by Gasteiger charge is 2.47. The Morgan fingerprint density at radius 1 is 1.35 bits per heavy atom. The number of alkyl halides is 1. The van der Waals surface area contributed by atoms with E-state index in [-0.39, 0.29) is 12.5 Å². The van der Waals surface area contributed by atoms with Crippen LogP contribution in [0.3, 0.4) is 0 Å². The number of ether oxygens (including phenoxy) is 2. The lowest BCUT2D eigenvalue weighted by Gasteiger charge is -2.22. The summed E-state index contributed by atoms with van der Waals surface area (Å²) in [6, 6.07) is -0.165. The van der Waals surface area contributed by atoms with Crippen molar-refractivity contribution in [3.63, 3.8) is 0 Å². The third kappa shape index (κ3) is 5.26. The summed E-state index contributed by atoms with van der Waals surface area (Å²) in [7, 11) is 0. The fraction of sp³-hybridized carbons (Fsp3) is 0.818. The van der Waals surface area contributed by atoms with E-state index < -0.39 is 23.2 Å². The topological polar surface area (TPSA) is 64.6 Å². The second-order valence-corrected chi connectivity index (χ2v) is 5.43. The van der Waals surface area contributed by atoms with Gasteiger partial charge < -0.3 is 14.8 Å². The average Bonchev–Trinajstić information content (AvgIpc) is 2.80. The predicted molar refractivity (Wildman–Crippen MR) is 62.8 cm³/mol. The zero-order valence-electron chi connectivity index (χ0n) is 10.3. The normalized spacial score (nSPS) is 17.2. The Labute approximate surface area is 106 Å². The highest BCUT2D eigenvalue weighted by atomic mass is 35.5. The largest absolute Gasteiger partial charge is 0.449 e. The van der Waals surface area contributed by atoms with Crippen molar-refractivity contribution in [2.24, 2.45) is 0 Å². The number of halogens is 1. The fourth-order valence-electron chi connectivity index (χ4n) is 1.41. The Hall–Kier alpha value is -0.970. The second-order valence-electron chi connectivity index (χ2n) is 5.21. The molecule has 1 aliphatic carbocycles. The van der Waals surface area contributed by atoms with E-state index in [9.17, 15) is 9.59 Å². The van der Waals surface area contributed by atoms with Crippen LogP contribution >= 0.6 is 11.6 Å². The third-order valence-corrected chi connectivity index (χ3v) is 2.43. The Morgan fingerprint density at radius 3 is 2.35 bits per heavy atom. The lowest BCUT2D eigenvalue weighted by molar-refractivity contribution is -0.142. The Kier molecular flexibility index (Phi) is 4.25. The molecule has 0 saturated heterocycles. The van der Waals surface area contributed by atoms with Crippen LogP contribution < -0.4 is 5.32 Å². The number of rotatable bonds is 4. The van der Waals surface area contributed by atoms with Crippen LogP contribution in [-0.4, -0.2) is 29.3 Å². The zero-order chi connectivity index (χ0) is 13.1. The van der Waals surface area contributed by atoms with Gasteiger partial charge in [0.2, 0.25) is 0 Å². The van der Waals surface area contributed by atoms with Gasteiger partial charge in [-0.2, -0.15) is 0 Å². The monoisotopic (exact) mass is 263 g/mol. The molecule has 0 aromatic heterocycles. The van der Waals surface area contributed by atoms with Crippen molar-refractivity contribution < 1.29 is 19.1 Å². The van der Waals surface area contributed by atoms with Crippen molar-refractivity contribution >= 4 is 23.7 Å². The lowest BCUT2D eigenvalue weighted by Crippen LogP contribution is -2.42. The molecule has 1 aliphatic rings. The number of alkyl carbamates (subject to hydrolysis) is 1. The molecule has 0 atom stereocenters. The molecule has 1 fully saturated rings. The first-order valence-corrected chi connectivity index (χ1v) is 6.03. The molecule has 1 saturated carbocycles. The van der Waals surface area contributed by atoms with Gasteiger partial charge in [0.25, 0.3) is 0 Å². The predicted octanol–water partition coefficient (Wildman–Crippen LogP) is 2.17. The molecular weight excluding hydrogens is 246 g/mol. The Balaban J connectivity index is 2.40. The summed E-state index contributed by atoms with van der Waals surface area (Å²) in [5.41, 5.74) is -1.04.